The highest BCUT2D eigenvalue weighted by molar-refractivity contribution is 5.68. The molecule has 0 bridgehead atoms. The first kappa shape index (κ1) is 12.9. The molecule has 0 radical (unpaired) electrons. The summed E-state index contributed by atoms with van der Waals surface area (Å²) < 4.78 is 5.30. The zero-order chi connectivity index (χ0) is 12.8. The largest absolute Gasteiger partial charge is 0.445 e. The minimum absolute atomic E-state index is 0.209. The standard InChI is InChI=1S/C14H20N2O2/c1-2-15-13-8-9-16(10-13)14(17)18-11-12-6-4-3-5-7-12/h3-7,13,15H,2,8-11H2,1H3. The van der Waals surface area contributed by atoms with Gasteiger partial charge in [0, 0.05) is 19.1 Å². The van der Waals surface area contributed by atoms with Crippen LogP contribution in [-0.4, -0.2) is 36.7 Å². The van der Waals surface area contributed by atoms with Crippen LogP contribution >= 0.6 is 0 Å². The van der Waals surface area contributed by atoms with Crippen LogP contribution in [-0.2, 0) is 11.3 Å². The Morgan fingerprint density at radius 2 is 2.22 bits per heavy atom. The van der Waals surface area contributed by atoms with Crippen LogP contribution < -0.4 is 5.32 Å². The number of rotatable bonds is 4. The van der Waals surface area contributed by atoms with Gasteiger partial charge >= 0.3 is 6.09 Å². The van der Waals surface area contributed by atoms with Crippen molar-refractivity contribution in [3.05, 3.63) is 35.9 Å². The van der Waals surface area contributed by atoms with Crippen molar-refractivity contribution in [2.45, 2.75) is 26.0 Å². The number of benzene rings is 1. The van der Waals surface area contributed by atoms with Crippen LogP contribution in [0, 0.1) is 0 Å². The lowest BCUT2D eigenvalue weighted by Crippen LogP contribution is -2.35. The molecule has 0 aliphatic carbocycles. The van der Waals surface area contributed by atoms with Gasteiger partial charge in [0.15, 0.2) is 0 Å². The number of nitrogens with one attached hydrogen (secondary N) is 1. The fraction of sp³-hybridized carbons (Fsp3) is 0.500. The van der Waals surface area contributed by atoms with E-state index in [4.69, 9.17) is 4.74 Å². The van der Waals surface area contributed by atoms with E-state index < -0.39 is 0 Å². The Hall–Kier alpha value is -1.55. The summed E-state index contributed by atoms with van der Waals surface area (Å²) in [6, 6.07) is 10.2. The van der Waals surface area contributed by atoms with Gasteiger partial charge < -0.3 is 15.0 Å². The van der Waals surface area contributed by atoms with E-state index in [1.54, 1.807) is 4.90 Å². The van der Waals surface area contributed by atoms with Crippen LogP contribution in [0.2, 0.25) is 0 Å². The Kier molecular flexibility index (Phi) is 4.59. The molecule has 1 aliphatic heterocycles. The molecule has 98 valence electrons. The molecule has 4 heteroatoms. The van der Waals surface area contributed by atoms with Gasteiger partial charge in [-0.3, -0.25) is 0 Å². The number of likely N-dealkylation sites (tertiary alicyclic amines) is 1. The molecule has 2 rings (SSSR count). The molecule has 1 atom stereocenters. The molecule has 1 heterocycles. The molecule has 1 N–H and O–H groups in total. The number of ether oxygens (including phenoxy) is 1. The topological polar surface area (TPSA) is 41.6 Å². The molecule has 4 nitrogen and oxygen atoms in total. The van der Waals surface area contributed by atoms with E-state index in [0.29, 0.717) is 12.6 Å². The lowest BCUT2D eigenvalue weighted by atomic mass is 10.2. The van der Waals surface area contributed by atoms with Crippen molar-refractivity contribution in [1.29, 1.82) is 0 Å². The Morgan fingerprint density at radius 1 is 1.44 bits per heavy atom. The second-order valence-electron chi connectivity index (χ2n) is 4.53. The lowest BCUT2D eigenvalue weighted by molar-refractivity contribution is 0.103. The smallest absolute Gasteiger partial charge is 0.410 e. The normalized spacial score (nSPS) is 18.9. The molecule has 18 heavy (non-hydrogen) atoms. The number of hydrogen-bond acceptors (Lipinski definition) is 3. The molecule has 1 aromatic carbocycles. The molecule has 0 spiro atoms. The molecule has 0 saturated carbocycles. The fourth-order valence-electron chi connectivity index (χ4n) is 2.19. The van der Waals surface area contributed by atoms with Gasteiger partial charge in [-0.25, -0.2) is 4.79 Å². The van der Waals surface area contributed by atoms with Crippen molar-refractivity contribution in [3.63, 3.8) is 0 Å². The van der Waals surface area contributed by atoms with Crippen LogP contribution in [0.3, 0.4) is 0 Å². The maximum atomic E-state index is 11.8. The molecule has 0 aromatic heterocycles. The SMILES string of the molecule is CCNC1CCN(C(=O)OCc2ccccc2)C1. The summed E-state index contributed by atoms with van der Waals surface area (Å²) in [6.45, 7) is 4.91. The molecular weight excluding hydrogens is 228 g/mol. The Morgan fingerprint density at radius 3 is 2.94 bits per heavy atom. The number of likely N-dealkylation sites (N-methyl/N-ethyl adjacent to an activating group) is 1. The van der Waals surface area contributed by atoms with Crippen LogP contribution in [0.1, 0.15) is 18.9 Å². The van der Waals surface area contributed by atoms with Crippen molar-refractivity contribution in [2.75, 3.05) is 19.6 Å². The van der Waals surface area contributed by atoms with E-state index in [2.05, 4.69) is 12.2 Å². The lowest BCUT2D eigenvalue weighted by Gasteiger charge is -2.16. The second-order valence-corrected chi connectivity index (χ2v) is 4.53. The average Bonchev–Trinajstić information content (AvgIpc) is 2.86. The van der Waals surface area contributed by atoms with E-state index in [9.17, 15) is 4.79 Å². The quantitative estimate of drug-likeness (QED) is 0.886. The van der Waals surface area contributed by atoms with Crippen LogP contribution in [0.25, 0.3) is 0 Å². The monoisotopic (exact) mass is 248 g/mol. The third-order valence-corrected chi connectivity index (χ3v) is 3.14. The zero-order valence-corrected chi connectivity index (χ0v) is 10.8. The summed E-state index contributed by atoms with van der Waals surface area (Å²) >= 11 is 0. The molecular formula is C14H20N2O2. The summed E-state index contributed by atoms with van der Waals surface area (Å²) in [5, 5.41) is 3.35. The first-order chi connectivity index (χ1) is 8.79. The van der Waals surface area contributed by atoms with E-state index in [1.807, 2.05) is 30.3 Å². The highest BCUT2D eigenvalue weighted by atomic mass is 16.6. The van der Waals surface area contributed by atoms with Crippen molar-refractivity contribution < 1.29 is 9.53 Å². The molecule has 1 fully saturated rings. The minimum atomic E-state index is -0.209. The maximum Gasteiger partial charge on any atom is 0.410 e. The minimum Gasteiger partial charge on any atom is -0.445 e. The fourth-order valence-corrected chi connectivity index (χ4v) is 2.19. The van der Waals surface area contributed by atoms with Gasteiger partial charge in [-0.2, -0.15) is 0 Å². The van der Waals surface area contributed by atoms with Crippen molar-refractivity contribution >= 4 is 6.09 Å². The summed E-state index contributed by atoms with van der Waals surface area (Å²) in [7, 11) is 0. The van der Waals surface area contributed by atoms with Crippen molar-refractivity contribution in [2.24, 2.45) is 0 Å². The Balaban J connectivity index is 1.76. The molecule has 1 unspecified atom stereocenters. The van der Waals surface area contributed by atoms with Crippen molar-refractivity contribution in [1.82, 2.24) is 10.2 Å². The molecule has 1 amide bonds. The van der Waals surface area contributed by atoms with Crippen LogP contribution in [0.15, 0.2) is 30.3 Å². The summed E-state index contributed by atoms with van der Waals surface area (Å²) in [4.78, 5) is 13.6. The van der Waals surface area contributed by atoms with Gasteiger partial charge in [0.2, 0.25) is 0 Å². The third-order valence-electron chi connectivity index (χ3n) is 3.14. The van der Waals surface area contributed by atoms with E-state index in [0.717, 1.165) is 31.6 Å². The highest BCUT2D eigenvalue weighted by Crippen LogP contribution is 2.11. The first-order valence-electron chi connectivity index (χ1n) is 6.48. The summed E-state index contributed by atoms with van der Waals surface area (Å²) in [5.74, 6) is 0. The van der Waals surface area contributed by atoms with Crippen LogP contribution in [0.4, 0.5) is 4.79 Å². The number of nitrogens with zero attached hydrogens (tertiary/aromatic N) is 1. The van der Waals surface area contributed by atoms with Crippen molar-refractivity contribution in [3.8, 4) is 0 Å². The number of amides is 1. The average molecular weight is 248 g/mol. The van der Waals surface area contributed by atoms with E-state index in [1.165, 1.54) is 0 Å². The van der Waals surface area contributed by atoms with Gasteiger partial charge in [0.1, 0.15) is 6.61 Å². The maximum absolute atomic E-state index is 11.8. The van der Waals surface area contributed by atoms with E-state index in [-0.39, 0.29) is 6.09 Å². The second kappa shape index (κ2) is 6.40. The predicted octanol–water partition coefficient (Wildman–Crippen LogP) is 2.01. The highest BCUT2D eigenvalue weighted by Gasteiger charge is 2.26. The number of carbonyl (C=O) groups is 1. The molecule has 1 aliphatic rings. The zero-order valence-electron chi connectivity index (χ0n) is 10.8. The first-order valence-corrected chi connectivity index (χ1v) is 6.48. The third kappa shape index (κ3) is 3.47. The predicted molar refractivity (Wildman–Crippen MR) is 70.3 cm³/mol. The Labute approximate surface area is 108 Å². The van der Waals surface area contributed by atoms with Gasteiger partial charge in [-0.15, -0.1) is 0 Å². The summed E-state index contributed by atoms with van der Waals surface area (Å²) in [6.07, 6.45) is 0.799. The van der Waals surface area contributed by atoms with Gasteiger partial charge in [-0.1, -0.05) is 37.3 Å². The van der Waals surface area contributed by atoms with Gasteiger partial charge in [0.25, 0.3) is 0 Å². The Bertz CT molecular complexity index is 381. The van der Waals surface area contributed by atoms with Gasteiger partial charge in [0.05, 0.1) is 0 Å². The van der Waals surface area contributed by atoms with Gasteiger partial charge in [-0.05, 0) is 18.5 Å². The number of carbonyl (C=O) groups excluding carboxylic acids is 1. The number of hydrogen-bond donors (Lipinski definition) is 1. The van der Waals surface area contributed by atoms with Crippen LogP contribution in [0.5, 0.6) is 0 Å². The van der Waals surface area contributed by atoms with E-state index >= 15 is 0 Å². The molecule has 1 saturated heterocycles. The summed E-state index contributed by atoms with van der Waals surface area (Å²) in [5.41, 5.74) is 1.02. The molecule has 1 aromatic rings.